The molecule has 0 saturated heterocycles. The summed E-state index contributed by atoms with van der Waals surface area (Å²) in [6.07, 6.45) is 0.679. The van der Waals surface area contributed by atoms with Crippen molar-refractivity contribution >= 4 is 17.6 Å². The van der Waals surface area contributed by atoms with Gasteiger partial charge in [-0.25, -0.2) is 4.79 Å². The van der Waals surface area contributed by atoms with Crippen LogP contribution in [-0.2, 0) is 16.0 Å². The molecule has 5 nitrogen and oxygen atoms in total. The highest BCUT2D eigenvalue weighted by molar-refractivity contribution is 6.00. The number of carboxylic acids is 1. The molecule has 0 aliphatic carbocycles. The van der Waals surface area contributed by atoms with Crippen molar-refractivity contribution in [3.8, 4) is 0 Å². The zero-order valence-corrected chi connectivity index (χ0v) is 11.4. The maximum atomic E-state index is 11.9. The van der Waals surface area contributed by atoms with Crippen LogP contribution in [0.1, 0.15) is 25.0 Å². The standard InChI is InChI=1S/C14H19NO4/c1-4-11-7-5-6-9(2)13(11)15(12(17)8-16)10(3)14(18)19/h5-7,10,16H,4,8H2,1-3H3,(H,18,19). The molecule has 19 heavy (non-hydrogen) atoms. The zero-order valence-electron chi connectivity index (χ0n) is 11.4. The van der Waals surface area contributed by atoms with Gasteiger partial charge in [0, 0.05) is 0 Å². The molecule has 0 spiro atoms. The number of aryl methyl sites for hydroxylation is 2. The summed E-state index contributed by atoms with van der Waals surface area (Å²) in [5.41, 5.74) is 2.28. The van der Waals surface area contributed by atoms with E-state index in [9.17, 15) is 9.59 Å². The van der Waals surface area contributed by atoms with Crippen LogP contribution >= 0.6 is 0 Å². The molecule has 1 rings (SSSR count). The van der Waals surface area contributed by atoms with E-state index in [1.807, 2.05) is 32.0 Å². The highest BCUT2D eigenvalue weighted by Crippen LogP contribution is 2.27. The summed E-state index contributed by atoms with van der Waals surface area (Å²) in [5.74, 6) is -1.72. The molecule has 0 aliphatic rings. The van der Waals surface area contributed by atoms with Crippen molar-refractivity contribution in [2.24, 2.45) is 0 Å². The molecule has 1 unspecified atom stereocenters. The first-order valence-electron chi connectivity index (χ1n) is 6.18. The Morgan fingerprint density at radius 3 is 2.47 bits per heavy atom. The minimum absolute atomic E-state index is 0.582. The maximum absolute atomic E-state index is 11.9. The molecular formula is C14H19NO4. The van der Waals surface area contributed by atoms with Crippen LogP contribution in [0.5, 0.6) is 0 Å². The fourth-order valence-corrected chi connectivity index (χ4v) is 2.07. The Hall–Kier alpha value is -1.88. The maximum Gasteiger partial charge on any atom is 0.326 e. The van der Waals surface area contributed by atoms with E-state index >= 15 is 0 Å². The topological polar surface area (TPSA) is 77.8 Å². The monoisotopic (exact) mass is 265 g/mol. The summed E-state index contributed by atoms with van der Waals surface area (Å²) in [7, 11) is 0. The van der Waals surface area contributed by atoms with Gasteiger partial charge in [-0.1, -0.05) is 25.1 Å². The van der Waals surface area contributed by atoms with Crippen LogP contribution in [0.25, 0.3) is 0 Å². The van der Waals surface area contributed by atoms with Gasteiger partial charge in [0.2, 0.25) is 0 Å². The van der Waals surface area contributed by atoms with Crippen LogP contribution in [0.4, 0.5) is 5.69 Å². The van der Waals surface area contributed by atoms with Crippen molar-refractivity contribution in [1.29, 1.82) is 0 Å². The average molecular weight is 265 g/mol. The lowest BCUT2D eigenvalue weighted by molar-refractivity contribution is -0.140. The molecular weight excluding hydrogens is 246 g/mol. The van der Waals surface area contributed by atoms with E-state index in [2.05, 4.69) is 0 Å². The fraction of sp³-hybridized carbons (Fsp3) is 0.429. The SMILES string of the molecule is CCc1cccc(C)c1N(C(=O)CO)C(C)C(=O)O. The van der Waals surface area contributed by atoms with Gasteiger partial charge in [0.05, 0.1) is 5.69 Å². The van der Waals surface area contributed by atoms with Crippen molar-refractivity contribution in [2.45, 2.75) is 33.2 Å². The van der Waals surface area contributed by atoms with Crippen molar-refractivity contribution < 1.29 is 19.8 Å². The van der Waals surface area contributed by atoms with Crippen molar-refractivity contribution in [2.75, 3.05) is 11.5 Å². The second-order valence-corrected chi connectivity index (χ2v) is 4.37. The average Bonchev–Trinajstić information content (AvgIpc) is 2.39. The molecule has 0 aromatic heterocycles. The minimum Gasteiger partial charge on any atom is -0.480 e. The van der Waals surface area contributed by atoms with Crippen LogP contribution in [0.2, 0.25) is 0 Å². The first kappa shape index (κ1) is 15.2. The zero-order chi connectivity index (χ0) is 14.6. The largest absolute Gasteiger partial charge is 0.480 e. The molecule has 0 radical (unpaired) electrons. The lowest BCUT2D eigenvalue weighted by Crippen LogP contribution is -2.45. The number of carbonyl (C=O) groups is 2. The van der Waals surface area contributed by atoms with E-state index in [0.717, 1.165) is 16.0 Å². The van der Waals surface area contributed by atoms with Crippen LogP contribution in [0.15, 0.2) is 18.2 Å². The van der Waals surface area contributed by atoms with Crippen LogP contribution in [-0.4, -0.2) is 34.7 Å². The Morgan fingerprint density at radius 1 is 1.37 bits per heavy atom. The third-order valence-electron chi connectivity index (χ3n) is 3.09. The summed E-state index contributed by atoms with van der Waals surface area (Å²) in [4.78, 5) is 24.2. The van der Waals surface area contributed by atoms with Crippen LogP contribution in [0.3, 0.4) is 0 Å². The van der Waals surface area contributed by atoms with Crippen molar-refractivity contribution in [3.63, 3.8) is 0 Å². The molecule has 1 aromatic rings. The number of amides is 1. The van der Waals surface area contributed by atoms with Gasteiger partial charge in [-0.05, 0) is 31.4 Å². The molecule has 1 amide bonds. The number of benzene rings is 1. The molecule has 0 fully saturated rings. The molecule has 104 valence electrons. The van der Waals surface area contributed by atoms with Crippen molar-refractivity contribution in [1.82, 2.24) is 0 Å². The number of anilines is 1. The van der Waals surface area contributed by atoms with E-state index in [-0.39, 0.29) is 0 Å². The second-order valence-electron chi connectivity index (χ2n) is 4.37. The number of aliphatic hydroxyl groups is 1. The van der Waals surface area contributed by atoms with Gasteiger partial charge in [-0.15, -0.1) is 0 Å². The Kier molecular flexibility index (Phi) is 5.06. The number of rotatable bonds is 5. The third-order valence-corrected chi connectivity index (χ3v) is 3.09. The van der Waals surface area contributed by atoms with Gasteiger partial charge in [0.25, 0.3) is 5.91 Å². The van der Waals surface area contributed by atoms with Gasteiger partial charge in [-0.2, -0.15) is 0 Å². The van der Waals surface area contributed by atoms with Gasteiger partial charge in [0.1, 0.15) is 12.6 Å². The molecule has 0 heterocycles. The second kappa shape index (κ2) is 6.33. The molecule has 5 heteroatoms. The molecule has 0 bridgehead atoms. The van der Waals surface area contributed by atoms with E-state index in [0.29, 0.717) is 12.1 Å². The molecule has 1 aromatic carbocycles. The minimum atomic E-state index is -1.10. The van der Waals surface area contributed by atoms with Crippen LogP contribution < -0.4 is 4.90 Å². The third kappa shape index (κ3) is 3.12. The number of carboxylic acid groups (broad SMARTS) is 1. The number of aliphatic hydroxyl groups excluding tert-OH is 1. The first-order chi connectivity index (χ1) is 8.93. The number of hydrogen-bond donors (Lipinski definition) is 2. The summed E-state index contributed by atoms with van der Waals surface area (Å²) >= 11 is 0. The quantitative estimate of drug-likeness (QED) is 0.842. The fourth-order valence-electron chi connectivity index (χ4n) is 2.07. The van der Waals surface area contributed by atoms with Crippen molar-refractivity contribution in [3.05, 3.63) is 29.3 Å². The number of carbonyl (C=O) groups excluding carboxylic acids is 1. The Morgan fingerprint density at radius 2 is 2.00 bits per heavy atom. The molecule has 2 N–H and O–H groups in total. The summed E-state index contributed by atoms with van der Waals surface area (Å²) < 4.78 is 0. The highest BCUT2D eigenvalue weighted by Gasteiger charge is 2.29. The first-order valence-corrected chi connectivity index (χ1v) is 6.18. The number of para-hydroxylation sites is 1. The number of hydrogen-bond acceptors (Lipinski definition) is 3. The van der Waals surface area contributed by atoms with E-state index in [4.69, 9.17) is 10.2 Å². The van der Waals surface area contributed by atoms with Crippen LogP contribution in [0, 0.1) is 6.92 Å². The Labute approximate surface area is 112 Å². The Bertz CT molecular complexity index is 484. The van der Waals surface area contributed by atoms with Gasteiger partial charge in [-0.3, -0.25) is 9.69 Å². The van der Waals surface area contributed by atoms with Gasteiger partial charge < -0.3 is 10.2 Å². The van der Waals surface area contributed by atoms with E-state index in [1.54, 1.807) is 0 Å². The predicted molar refractivity (Wildman–Crippen MR) is 72.2 cm³/mol. The molecule has 0 aliphatic heterocycles. The lowest BCUT2D eigenvalue weighted by Gasteiger charge is -2.29. The number of nitrogens with zero attached hydrogens (tertiary/aromatic N) is 1. The van der Waals surface area contributed by atoms with E-state index in [1.165, 1.54) is 6.92 Å². The Balaban J connectivity index is 3.40. The lowest BCUT2D eigenvalue weighted by atomic mass is 10.0. The molecule has 0 saturated carbocycles. The smallest absolute Gasteiger partial charge is 0.326 e. The summed E-state index contributed by atoms with van der Waals surface area (Å²) in [5, 5.41) is 18.2. The normalized spacial score (nSPS) is 12.0. The molecule has 1 atom stereocenters. The predicted octanol–water partition coefficient (Wildman–Crippen LogP) is 1.36. The van der Waals surface area contributed by atoms with Gasteiger partial charge in [0.15, 0.2) is 0 Å². The van der Waals surface area contributed by atoms with Gasteiger partial charge >= 0.3 is 5.97 Å². The number of aliphatic carboxylic acids is 1. The highest BCUT2D eigenvalue weighted by atomic mass is 16.4. The summed E-state index contributed by atoms with van der Waals surface area (Å²) in [6.45, 7) is 4.48. The summed E-state index contributed by atoms with van der Waals surface area (Å²) in [6, 6.07) is 4.52. The van der Waals surface area contributed by atoms with E-state index < -0.39 is 24.5 Å².